The molecular formula is C20H21N3O4S. The Morgan fingerprint density at radius 3 is 2.43 bits per heavy atom. The maximum absolute atomic E-state index is 12.8. The van der Waals surface area contributed by atoms with E-state index in [1.807, 2.05) is 24.3 Å². The van der Waals surface area contributed by atoms with Gasteiger partial charge in [0.1, 0.15) is 0 Å². The third kappa shape index (κ3) is 2.98. The number of nitrogens with two attached hydrogens (primary N) is 1. The van der Waals surface area contributed by atoms with Gasteiger partial charge in [0, 0.05) is 24.3 Å². The molecule has 2 aliphatic rings. The first-order chi connectivity index (χ1) is 13.2. The topological polar surface area (TPSA) is 110 Å². The highest BCUT2D eigenvalue weighted by Crippen LogP contribution is 2.46. The van der Waals surface area contributed by atoms with Crippen molar-refractivity contribution in [2.24, 2.45) is 5.73 Å². The van der Waals surface area contributed by atoms with Crippen LogP contribution in [0.2, 0.25) is 0 Å². The van der Waals surface area contributed by atoms with Crippen LogP contribution in [-0.2, 0) is 20.2 Å². The molecular weight excluding hydrogens is 378 g/mol. The Balaban J connectivity index is 1.67. The Labute approximate surface area is 163 Å². The van der Waals surface area contributed by atoms with Gasteiger partial charge in [0.05, 0.1) is 11.7 Å². The van der Waals surface area contributed by atoms with Crippen LogP contribution in [0.3, 0.4) is 0 Å². The van der Waals surface area contributed by atoms with Gasteiger partial charge in [-0.15, -0.1) is 0 Å². The van der Waals surface area contributed by atoms with Gasteiger partial charge in [-0.2, -0.15) is 0 Å². The molecule has 1 fully saturated rings. The molecule has 2 amide bonds. The SMILES string of the molecule is CS(=O)(=O)N1CCC2(CC1)C(=O)Nc1cc(-c3cccc(C(N)=O)c3)ccc12. The molecule has 0 unspecified atom stereocenters. The summed E-state index contributed by atoms with van der Waals surface area (Å²) >= 11 is 0. The van der Waals surface area contributed by atoms with Crippen molar-refractivity contribution in [3.63, 3.8) is 0 Å². The van der Waals surface area contributed by atoms with Crippen LogP contribution in [0, 0.1) is 0 Å². The molecule has 1 spiro atoms. The number of benzene rings is 2. The molecule has 0 aliphatic carbocycles. The van der Waals surface area contributed by atoms with Crippen molar-refractivity contribution in [1.82, 2.24) is 4.31 Å². The lowest BCUT2D eigenvalue weighted by atomic mass is 9.74. The van der Waals surface area contributed by atoms with Gasteiger partial charge in [-0.25, -0.2) is 12.7 Å². The molecule has 146 valence electrons. The average Bonchev–Trinajstić information content (AvgIpc) is 2.92. The number of piperidine rings is 1. The van der Waals surface area contributed by atoms with E-state index in [1.54, 1.807) is 18.2 Å². The Morgan fingerprint density at radius 2 is 1.79 bits per heavy atom. The van der Waals surface area contributed by atoms with Crippen molar-refractivity contribution < 1.29 is 18.0 Å². The number of hydrogen-bond acceptors (Lipinski definition) is 4. The van der Waals surface area contributed by atoms with Gasteiger partial charge in [0.2, 0.25) is 21.8 Å². The number of rotatable bonds is 3. The monoisotopic (exact) mass is 399 g/mol. The fraction of sp³-hybridized carbons (Fsp3) is 0.300. The molecule has 8 heteroatoms. The van der Waals surface area contributed by atoms with Crippen LogP contribution in [0.4, 0.5) is 5.69 Å². The molecule has 2 aromatic carbocycles. The fourth-order valence-corrected chi connectivity index (χ4v) is 5.00. The van der Waals surface area contributed by atoms with Crippen molar-refractivity contribution >= 4 is 27.5 Å². The first-order valence-corrected chi connectivity index (χ1v) is 10.9. The lowest BCUT2D eigenvalue weighted by Gasteiger charge is -2.36. The largest absolute Gasteiger partial charge is 0.366 e. The van der Waals surface area contributed by atoms with Crippen LogP contribution in [-0.4, -0.2) is 43.9 Å². The maximum Gasteiger partial charge on any atom is 0.248 e. The summed E-state index contributed by atoms with van der Waals surface area (Å²) in [7, 11) is -3.26. The summed E-state index contributed by atoms with van der Waals surface area (Å²) in [5, 5.41) is 2.96. The fourth-order valence-electron chi connectivity index (χ4n) is 4.16. The van der Waals surface area contributed by atoms with E-state index in [0.29, 0.717) is 31.5 Å². The second kappa shape index (κ2) is 6.42. The van der Waals surface area contributed by atoms with Gasteiger partial charge >= 0.3 is 0 Å². The van der Waals surface area contributed by atoms with Crippen LogP contribution >= 0.6 is 0 Å². The van der Waals surface area contributed by atoms with Crippen LogP contribution in [0.1, 0.15) is 28.8 Å². The van der Waals surface area contributed by atoms with E-state index in [0.717, 1.165) is 22.4 Å². The summed E-state index contributed by atoms with van der Waals surface area (Å²) in [6, 6.07) is 12.8. The van der Waals surface area contributed by atoms with E-state index in [9.17, 15) is 18.0 Å². The number of carbonyl (C=O) groups is 2. The number of fused-ring (bicyclic) bond motifs is 2. The Hall–Kier alpha value is -2.71. The average molecular weight is 399 g/mol. The Kier molecular flexibility index (Phi) is 4.28. The molecule has 3 N–H and O–H groups in total. The van der Waals surface area contributed by atoms with Crippen molar-refractivity contribution in [3.8, 4) is 11.1 Å². The minimum absolute atomic E-state index is 0.0845. The predicted octanol–water partition coefficient (Wildman–Crippen LogP) is 1.70. The quantitative estimate of drug-likeness (QED) is 0.818. The van der Waals surface area contributed by atoms with Gasteiger partial charge in [-0.1, -0.05) is 24.3 Å². The van der Waals surface area contributed by atoms with E-state index in [4.69, 9.17) is 5.73 Å². The number of sulfonamides is 1. The molecule has 28 heavy (non-hydrogen) atoms. The first kappa shape index (κ1) is 18.6. The van der Waals surface area contributed by atoms with Crippen molar-refractivity contribution in [1.29, 1.82) is 0 Å². The van der Waals surface area contributed by atoms with Gasteiger partial charge in [0.15, 0.2) is 0 Å². The minimum atomic E-state index is -3.26. The van der Waals surface area contributed by atoms with Crippen molar-refractivity contribution in [2.45, 2.75) is 18.3 Å². The highest BCUT2D eigenvalue weighted by molar-refractivity contribution is 7.88. The molecule has 2 aromatic rings. The summed E-state index contributed by atoms with van der Waals surface area (Å²) in [5.74, 6) is -0.577. The summed E-state index contributed by atoms with van der Waals surface area (Å²) in [6.07, 6.45) is 2.10. The zero-order chi connectivity index (χ0) is 20.1. The lowest BCUT2D eigenvalue weighted by Crippen LogP contribution is -2.47. The molecule has 1 saturated heterocycles. The van der Waals surface area contributed by atoms with Crippen molar-refractivity contribution in [3.05, 3.63) is 53.6 Å². The second-order valence-electron chi connectivity index (χ2n) is 7.40. The van der Waals surface area contributed by atoms with Crippen LogP contribution in [0.5, 0.6) is 0 Å². The lowest BCUT2D eigenvalue weighted by molar-refractivity contribution is -0.122. The van der Waals surface area contributed by atoms with Gasteiger partial charge in [-0.3, -0.25) is 9.59 Å². The molecule has 2 aliphatic heterocycles. The number of nitrogens with one attached hydrogen (secondary N) is 1. The standard InChI is InChI=1S/C20H21N3O4S/c1-28(26,27)23-9-7-20(8-10-23)16-6-5-14(12-17(16)22-19(20)25)13-3-2-4-15(11-13)18(21)24/h2-6,11-12H,7-10H2,1H3,(H2,21,24)(H,22,25). The Bertz CT molecular complexity index is 1090. The molecule has 2 heterocycles. The summed E-state index contributed by atoms with van der Waals surface area (Å²) < 4.78 is 25.0. The molecule has 0 atom stereocenters. The summed E-state index contributed by atoms with van der Waals surface area (Å²) in [5.41, 5.74) is 8.44. The first-order valence-electron chi connectivity index (χ1n) is 9.02. The highest BCUT2D eigenvalue weighted by atomic mass is 32.2. The number of primary amides is 1. The molecule has 7 nitrogen and oxygen atoms in total. The van der Waals surface area contributed by atoms with Crippen molar-refractivity contribution in [2.75, 3.05) is 24.7 Å². The zero-order valence-electron chi connectivity index (χ0n) is 15.4. The zero-order valence-corrected chi connectivity index (χ0v) is 16.3. The molecule has 4 rings (SSSR count). The van der Waals surface area contributed by atoms with E-state index < -0.39 is 21.3 Å². The minimum Gasteiger partial charge on any atom is -0.366 e. The van der Waals surface area contributed by atoms with E-state index in [-0.39, 0.29) is 5.91 Å². The third-order valence-electron chi connectivity index (χ3n) is 5.74. The van der Waals surface area contributed by atoms with Gasteiger partial charge in [0.25, 0.3) is 0 Å². The number of anilines is 1. The number of amides is 2. The second-order valence-corrected chi connectivity index (χ2v) is 9.39. The predicted molar refractivity (Wildman–Crippen MR) is 106 cm³/mol. The normalized spacial score (nSPS) is 18.7. The molecule has 0 saturated carbocycles. The molecule has 0 bridgehead atoms. The van der Waals surface area contributed by atoms with Gasteiger partial charge < -0.3 is 11.1 Å². The number of nitrogens with zero attached hydrogens (tertiary/aromatic N) is 1. The number of hydrogen-bond donors (Lipinski definition) is 2. The van der Waals surface area contributed by atoms with Gasteiger partial charge in [-0.05, 0) is 47.7 Å². The molecule has 0 radical (unpaired) electrons. The van der Waals surface area contributed by atoms with E-state index in [1.165, 1.54) is 10.6 Å². The summed E-state index contributed by atoms with van der Waals surface area (Å²) in [6.45, 7) is 0.655. The highest BCUT2D eigenvalue weighted by Gasteiger charge is 2.49. The van der Waals surface area contributed by atoms with E-state index >= 15 is 0 Å². The van der Waals surface area contributed by atoms with Crippen LogP contribution < -0.4 is 11.1 Å². The third-order valence-corrected chi connectivity index (χ3v) is 7.05. The van der Waals surface area contributed by atoms with Crippen LogP contribution in [0.25, 0.3) is 11.1 Å². The maximum atomic E-state index is 12.8. The smallest absolute Gasteiger partial charge is 0.248 e. The van der Waals surface area contributed by atoms with E-state index in [2.05, 4.69) is 5.32 Å². The molecule has 0 aromatic heterocycles. The summed E-state index contributed by atoms with van der Waals surface area (Å²) in [4.78, 5) is 24.2. The Morgan fingerprint density at radius 1 is 1.11 bits per heavy atom. The van der Waals surface area contributed by atoms with Crippen LogP contribution in [0.15, 0.2) is 42.5 Å². The number of carbonyl (C=O) groups excluding carboxylic acids is 2.